The lowest BCUT2D eigenvalue weighted by molar-refractivity contribution is 0.122. The maximum atomic E-state index is 12.9. The van der Waals surface area contributed by atoms with Crippen molar-refractivity contribution in [2.24, 2.45) is 0 Å². The van der Waals surface area contributed by atoms with Gasteiger partial charge in [-0.05, 0) is 25.1 Å². The minimum atomic E-state index is -3.81. The Morgan fingerprint density at radius 2 is 1.84 bits per heavy atom. The van der Waals surface area contributed by atoms with Gasteiger partial charge in [0.25, 0.3) is 10.0 Å². The summed E-state index contributed by atoms with van der Waals surface area (Å²) in [6.45, 7) is 4.54. The molecule has 1 saturated heterocycles. The van der Waals surface area contributed by atoms with Gasteiger partial charge in [-0.25, -0.2) is 23.4 Å². The molecule has 162 valence electrons. The summed E-state index contributed by atoms with van der Waals surface area (Å²) in [5, 5.41) is 0. The molecule has 10 heteroatoms. The van der Waals surface area contributed by atoms with E-state index in [0.717, 1.165) is 17.1 Å². The molecule has 0 amide bonds. The number of aromatic nitrogens is 3. The average Bonchev–Trinajstić information content (AvgIpc) is 2.80. The van der Waals surface area contributed by atoms with E-state index in [4.69, 9.17) is 9.47 Å². The number of benzene rings is 1. The second-order valence-electron chi connectivity index (χ2n) is 6.96. The highest BCUT2D eigenvalue weighted by Gasteiger charge is 2.22. The quantitative estimate of drug-likeness (QED) is 0.622. The molecular formula is C21H23N5O4S. The number of nitrogens with zero attached hydrogens (tertiary/aromatic N) is 4. The van der Waals surface area contributed by atoms with Gasteiger partial charge in [-0.2, -0.15) is 0 Å². The number of aryl methyl sites for hydroxylation is 1. The first kappa shape index (κ1) is 21.0. The largest absolute Gasteiger partial charge is 0.480 e. The van der Waals surface area contributed by atoms with E-state index >= 15 is 0 Å². The number of hydrogen-bond acceptors (Lipinski definition) is 8. The van der Waals surface area contributed by atoms with Gasteiger partial charge < -0.3 is 14.4 Å². The number of methoxy groups -OCH3 is 1. The third-order valence-corrected chi connectivity index (χ3v) is 6.34. The lowest BCUT2D eigenvalue weighted by Crippen LogP contribution is -2.37. The van der Waals surface area contributed by atoms with Gasteiger partial charge in [-0.1, -0.05) is 18.2 Å². The molecule has 1 aliphatic rings. The van der Waals surface area contributed by atoms with Gasteiger partial charge in [-0.15, -0.1) is 0 Å². The average molecular weight is 442 g/mol. The van der Waals surface area contributed by atoms with Crippen molar-refractivity contribution in [3.05, 3.63) is 54.6 Å². The molecule has 0 atom stereocenters. The highest BCUT2D eigenvalue weighted by Crippen LogP contribution is 2.35. The fourth-order valence-electron chi connectivity index (χ4n) is 3.44. The number of nitrogens with one attached hydrogen (secondary N) is 1. The van der Waals surface area contributed by atoms with E-state index in [0.29, 0.717) is 31.9 Å². The first-order chi connectivity index (χ1) is 15.0. The fourth-order valence-corrected chi connectivity index (χ4v) is 4.51. The Hall–Kier alpha value is -3.24. The molecule has 9 nitrogen and oxygen atoms in total. The Morgan fingerprint density at radius 1 is 1.10 bits per heavy atom. The normalized spacial score (nSPS) is 14.3. The molecule has 31 heavy (non-hydrogen) atoms. The van der Waals surface area contributed by atoms with Gasteiger partial charge in [-0.3, -0.25) is 4.72 Å². The second kappa shape index (κ2) is 8.86. The number of ether oxygens (including phenoxy) is 2. The number of sulfonamides is 1. The number of morpholine rings is 1. The van der Waals surface area contributed by atoms with Crippen molar-refractivity contribution in [2.45, 2.75) is 11.8 Å². The standard InChI is InChI=1S/C21H23N5O4S/c1-15-19(20(24-14-23-15)26-8-10-30-11-9-26)16-12-18(21(29-2)22-13-16)25-31(27,28)17-6-4-3-5-7-17/h3-7,12-14,25H,8-11H2,1-2H3. The van der Waals surface area contributed by atoms with Crippen LogP contribution in [0.25, 0.3) is 11.1 Å². The van der Waals surface area contributed by atoms with Crippen LogP contribution in [0.3, 0.4) is 0 Å². The molecule has 0 saturated carbocycles. The van der Waals surface area contributed by atoms with E-state index in [1.165, 1.54) is 25.6 Å². The Balaban J connectivity index is 1.77. The van der Waals surface area contributed by atoms with Gasteiger partial charge in [0.2, 0.25) is 5.88 Å². The summed E-state index contributed by atoms with van der Waals surface area (Å²) in [6.07, 6.45) is 3.16. The molecule has 0 unspecified atom stereocenters. The van der Waals surface area contributed by atoms with Crippen LogP contribution >= 0.6 is 0 Å². The minimum Gasteiger partial charge on any atom is -0.480 e. The van der Waals surface area contributed by atoms with Crippen LogP contribution in [0.15, 0.2) is 53.8 Å². The van der Waals surface area contributed by atoms with Crippen LogP contribution in [0.1, 0.15) is 5.69 Å². The van der Waals surface area contributed by atoms with Gasteiger partial charge in [0.1, 0.15) is 17.8 Å². The first-order valence-corrected chi connectivity index (χ1v) is 11.2. The van der Waals surface area contributed by atoms with Crippen molar-refractivity contribution in [3.8, 4) is 17.0 Å². The van der Waals surface area contributed by atoms with Gasteiger partial charge in [0.05, 0.1) is 30.9 Å². The van der Waals surface area contributed by atoms with E-state index in [-0.39, 0.29) is 16.5 Å². The van der Waals surface area contributed by atoms with Crippen LogP contribution in [0.5, 0.6) is 5.88 Å². The number of anilines is 2. The summed E-state index contributed by atoms with van der Waals surface area (Å²) >= 11 is 0. The third kappa shape index (κ3) is 4.44. The molecule has 2 aromatic heterocycles. The summed E-state index contributed by atoms with van der Waals surface area (Å²) in [5.41, 5.74) is 2.48. The highest BCUT2D eigenvalue weighted by atomic mass is 32.2. The molecule has 1 fully saturated rings. The van der Waals surface area contributed by atoms with Crippen molar-refractivity contribution in [1.29, 1.82) is 0 Å². The monoisotopic (exact) mass is 441 g/mol. The topological polar surface area (TPSA) is 107 Å². The first-order valence-electron chi connectivity index (χ1n) is 9.76. The Labute approximate surface area is 181 Å². The lowest BCUT2D eigenvalue weighted by Gasteiger charge is -2.29. The van der Waals surface area contributed by atoms with E-state index in [9.17, 15) is 8.42 Å². The molecule has 3 heterocycles. The molecule has 0 spiro atoms. The van der Waals surface area contributed by atoms with Crippen LogP contribution in [0.4, 0.5) is 11.5 Å². The number of hydrogen-bond donors (Lipinski definition) is 1. The van der Waals surface area contributed by atoms with Crippen molar-refractivity contribution in [3.63, 3.8) is 0 Å². The minimum absolute atomic E-state index is 0.149. The van der Waals surface area contributed by atoms with Crippen LogP contribution in [0, 0.1) is 6.92 Å². The smallest absolute Gasteiger partial charge is 0.262 e. The zero-order valence-electron chi connectivity index (χ0n) is 17.3. The Kier molecular flexibility index (Phi) is 6.01. The molecule has 3 aromatic rings. The molecule has 0 aliphatic carbocycles. The molecular weight excluding hydrogens is 418 g/mol. The fraction of sp³-hybridized carbons (Fsp3) is 0.286. The molecule has 4 rings (SSSR count). The lowest BCUT2D eigenvalue weighted by atomic mass is 10.1. The van der Waals surface area contributed by atoms with E-state index in [2.05, 4.69) is 24.6 Å². The van der Waals surface area contributed by atoms with E-state index in [1.807, 2.05) is 6.92 Å². The predicted molar refractivity (Wildman–Crippen MR) is 117 cm³/mol. The van der Waals surface area contributed by atoms with Gasteiger partial charge >= 0.3 is 0 Å². The summed E-state index contributed by atoms with van der Waals surface area (Å²) in [5.74, 6) is 0.935. The van der Waals surface area contributed by atoms with Crippen LogP contribution in [-0.2, 0) is 14.8 Å². The highest BCUT2D eigenvalue weighted by molar-refractivity contribution is 7.92. The number of pyridine rings is 1. The van der Waals surface area contributed by atoms with Crippen molar-refractivity contribution >= 4 is 21.5 Å². The zero-order valence-corrected chi connectivity index (χ0v) is 18.1. The van der Waals surface area contributed by atoms with Gasteiger partial charge in [0, 0.05) is 30.4 Å². The third-order valence-electron chi connectivity index (χ3n) is 4.96. The summed E-state index contributed by atoms with van der Waals surface area (Å²) in [4.78, 5) is 15.4. The molecule has 1 N–H and O–H groups in total. The van der Waals surface area contributed by atoms with Crippen molar-refractivity contribution in [1.82, 2.24) is 15.0 Å². The van der Waals surface area contributed by atoms with Crippen LogP contribution < -0.4 is 14.4 Å². The van der Waals surface area contributed by atoms with Crippen LogP contribution in [0.2, 0.25) is 0 Å². The molecule has 0 radical (unpaired) electrons. The molecule has 1 aromatic carbocycles. The maximum absolute atomic E-state index is 12.9. The Morgan fingerprint density at radius 3 is 2.55 bits per heavy atom. The van der Waals surface area contributed by atoms with E-state index < -0.39 is 10.0 Å². The summed E-state index contributed by atoms with van der Waals surface area (Å²) < 4.78 is 39.1. The molecule has 1 aliphatic heterocycles. The second-order valence-corrected chi connectivity index (χ2v) is 8.64. The Bertz CT molecular complexity index is 1170. The number of rotatable bonds is 6. The van der Waals surface area contributed by atoms with E-state index in [1.54, 1.807) is 30.5 Å². The summed E-state index contributed by atoms with van der Waals surface area (Å²) in [6, 6.07) is 9.84. The predicted octanol–water partition coefficient (Wildman–Crippen LogP) is 2.49. The molecule has 0 bridgehead atoms. The summed E-state index contributed by atoms with van der Waals surface area (Å²) in [7, 11) is -2.37. The van der Waals surface area contributed by atoms with Crippen LogP contribution in [-0.4, -0.2) is 56.8 Å². The van der Waals surface area contributed by atoms with Gasteiger partial charge in [0.15, 0.2) is 0 Å². The SMILES string of the molecule is COc1ncc(-c2c(C)ncnc2N2CCOCC2)cc1NS(=O)(=O)c1ccccc1. The zero-order chi connectivity index (χ0) is 21.8. The van der Waals surface area contributed by atoms with Crippen molar-refractivity contribution < 1.29 is 17.9 Å². The van der Waals surface area contributed by atoms with Crippen molar-refractivity contribution in [2.75, 3.05) is 43.0 Å². The maximum Gasteiger partial charge on any atom is 0.262 e.